The Kier molecular flexibility index (Phi) is 12.0. The van der Waals surface area contributed by atoms with Gasteiger partial charge in [0, 0.05) is 12.3 Å². The number of rotatable bonds is 16. The van der Waals surface area contributed by atoms with Crippen LogP contribution >= 0.6 is 0 Å². The van der Waals surface area contributed by atoms with Crippen LogP contribution in [0, 0.1) is 24.7 Å². The predicted molar refractivity (Wildman–Crippen MR) is 149 cm³/mol. The number of hydrogen-bond donors (Lipinski definition) is 2. The number of aryl methyl sites for hydroxylation is 1. The number of aliphatic hydroxyl groups is 2. The van der Waals surface area contributed by atoms with E-state index >= 15 is 0 Å². The molecule has 0 amide bonds. The molecule has 0 unspecified atom stereocenters. The van der Waals surface area contributed by atoms with Crippen molar-refractivity contribution in [3.05, 3.63) is 59.2 Å². The fourth-order valence-corrected chi connectivity index (χ4v) is 6.16. The van der Waals surface area contributed by atoms with Crippen LogP contribution in [0.25, 0.3) is 0 Å². The van der Waals surface area contributed by atoms with Gasteiger partial charge in [0.1, 0.15) is 0 Å². The van der Waals surface area contributed by atoms with E-state index in [1.807, 2.05) is 12.1 Å². The highest BCUT2D eigenvalue weighted by molar-refractivity contribution is 5.24. The number of aliphatic hydroxyl groups excluding tert-OH is 2. The van der Waals surface area contributed by atoms with Crippen molar-refractivity contribution in [2.75, 3.05) is 19.6 Å². The van der Waals surface area contributed by atoms with E-state index in [4.69, 9.17) is 0 Å². The lowest BCUT2D eigenvalue weighted by atomic mass is 9.88. The Morgan fingerprint density at radius 2 is 1.77 bits per heavy atom. The molecule has 35 heavy (non-hydrogen) atoms. The van der Waals surface area contributed by atoms with Crippen LogP contribution in [0.15, 0.2) is 48.1 Å². The third-order valence-corrected chi connectivity index (χ3v) is 8.16. The monoisotopic (exact) mass is 481 g/mol. The summed E-state index contributed by atoms with van der Waals surface area (Å²) in [6.45, 7) is 10.4. The van der Waals surface area contributed by atoms with Crippen LogP contribution in [0.1, 0.15) is 89.2 Å². The van der Waals surface area contributed by atoms with Crippen molar-refractivity contribution in [3.8, 4) is 0 Å². The van der Waals surface area contributed by atoms with Crippen LogP contribution in [0.4, 0.5) is 0 Å². The quantitative estimate of drug-likeness (QED) is 0.200. The van der Waals surface area contributed by atoms with Gasteiger partial charge in [-0.1, -0.05) is 86.7 Å². The van der Waals surface area contributed by atoms with Crippen LogP contribution in [-0.4, -0.2) is 47.0 Å². The molecule has 5 atom stereocenters. The number of fused-ring (bicyclic) bond motifs is 1. The molecule has 0 bridgehead atoms. The summed E-state index contributed by atoms with van der Waals surface area (Å²) >= 11 is 0. The second-order valence-electron chi connectivity index (χ2n) is 11.2. The van der Waals surface area contributed by atoms with E-state index in [-0.39, 0.29) is 12.0 Å². The van der Waals surface area contributed by atoms with E-state index in [9.17, 15) is 10.2 Å². The molecule has 0 heterocycles. The van der Waals surface area contributed by atoms with Crippen molar-refractivity contribution in [1.29, 1.82) is 0 Å². The highest BCUT2D eigenvalue weighted by Crippen LogP contribution is 2.48. The van der Waals surface area contributed by atoms with E-state index in [0.29, 0.717) is 18.3 Å². The highest BCUT2D eigenvalue weighted by Gasteiger charge is 2.43. The first-order valence-electron chi connectivity index (χ1n) is 14.5. The predicted octanol–water partition coefficient (Wildman–Crippen LogP) is 6.86. The van der Waals surface area contributed by atoms with Gasteiger partial charge in [-0.3, -0.25) is 0 Å². The highest BCUT2D eigenvalue weighted by atomic mass is 16.3. The molecule has 1 aromatic rings. The molecule has 3 heteroatoms. The normalized spacial score (nSPS) is 24.9. The van der Waals surface area contributed by atoms with Gasteiger partial charge >= 0.3 is 0 Å². The number of benzene rings is 1. The Morgan fingerprint density at radius 1 is 1.03 bits per heavy atom. The summed E-state index contributed by atoms with van der Waals surface area (Å²) in [4.78, 5) is 2.68. The minimum absolute atomic E-state index is 0.173. The molecule has 0 radical (unpaired) electrons. The molecule has 1 fully saturated rings. The Bertz CT molecular complexity index is 793. The van der Waals surface area contributed by atoms with E-state index in [1.165, 1.54) is 76.6 Å². The molecule has 3 nitrogen and oxygen atoms in total. The van der Waals surface area contributed by atoms with E-state index in [0.717, 1.165) is 18.4 Å². The van der Waals surface area contributed by atoms with Gasteiger partial charge in [-0.15, -0.1) is 0 Å². The molecule has 0 aromatic heterocycles. The number of unbranched alkanes of at least 4 members (excludes halogenated alkanes) is 4. The molecule has 2 N–H and O–H groups in total. The summed E-state index contributed by atoms with van der Waals surface area (Å²) in [5.41, 5.74) is 4.00. The minimum atomic E-state index is -0.494. The number of allylic oxidation sites excluding steroid dienone is 2. The Balaban J connectivity index is 1.39. The molecule has 1 saturated carbocycles. The summed E-state index contributed by atoms with van der Waals surface area (Å²) in [6, 6.07) is 8.35. The van der Waals surface area contributed by atoms with E-state index in [1.54, 1.807) is 5.57 Å². The van der Waals surface area contributed by atoms with Gasteiger partial charge in [-0.2, -0.15) is 0 Å². The molecule has 2 aliphatic carbocycles. The van der Waals surface area contributed by atoms with Crippen molar-refractivity contribution in [2.24, 2.45) is 17.8 Å². The van der Waals surface area contributed by atoms with Crippen molar-refractivity contribution >= 4 is 0 Å². The average Bonchev–Trinajstić information content (AvgIpc) is 3.34. The summed E-state index contributed by atoms with van der Waals surface area (Å²) in [5, 5.41) is 21.2. The lowest BCUT2D eigenvalue weighted by Crippen LogP contribution is -2.27. The maximum absolute atomic E-state index is 10.7. The summed E-state index contributed by atoms with van der Waals surface area (Å²) in [5.74, 6) is 1.20. The smallest absolute Gasteiger partial charge is 0.0761 e. The lowest BCUT2D eigenvalue weighted by Gasteiger charge is -2.22. The molecule has 196 valence electrons. The molecule has 0 spiro atoms. The van der Waals surface area contributed by atoms with Crippen molar-refractivity contribution in [2.45, 2.75) is 104 Å². The van der Waals surface area contributed by atoms with Gasteiger partial charge in [0.15, 0.2) is 0 Å². The largest absolute Gasteiger partial charge is 0.392 e. The molecular formula is C32H51NO2. The molecule has 0 aliphatic heterocycles. The average molecular weight is 482 g/mol. The Labute approximate surface area is 215 Å². The number of hydrogen-bond acceptors (Lipinski definition) is 3. The van der Waals surface area contributed by atoms with Gasteiger partial charge in [-0.05, 0) is 88.9 Å². The van der Waals surface area contributed by atoms with E-state index in [2.05, 4.69) is 56.0 Å². The van der Waals surface area contributed by atoms with Crippen molar-refractivity contribution in [3.63, 3.8) is 0 Å². The van der Waals surface area contributed by atoms with E-state index < -0.39 is 6.10 Å². The first-order valence-corrected chi connectivity index (χ1v) is 14.5. The van der Waals surface area contributed by atoms with Gasteiger partial charge in [0.05, 0.1) is 12.2 Å². The lowest BCUT2D eigenvalue weighted by molar-refractivity contribution is 0.140. The third kappa shape index (κ3) is 9.19. The Morgan fingerprint density at radius 3 is 2.49 bits per heavy atom. The van der Waals surface area contributed by atoms with Crippen LogP contribution in [0.3, 0.4) is 0 Å². The fraction of sp³-hybridized carbons (Fsp3) is 0.688. The second-order valence-corrected chi connectivity index (χ2v) is 11.2. The number of nitrogens with zero attached hydrogens (tertiary/aromatic N) is 1. The zero-order valence-electron chi connectivity index (χ0n) is 22.7. The van der Waals surface area contributed by atoms with Crippen molar-refractivity contribution < 1.29 is 10.2 Å². The van der Waals surface area contributed by atoms with Crippen LogP contribution in [0.2, 0.25) is 0 Å². The van der Waals surface area contributed by atoms with Crippen molar-refractivity contribution in [1.82, 2.24) is 4.90 Å². The van der Waals surface area contributed by atoms with Gasteiger partial charge in [0.2, 0.25) is 0 Å². The minimum Gasteiger partial charge on any atom is -0.392 e. The zero-order chi connectivity index (χ0) is 25.0. The fourth-order valence-electron chi connectivity index (χ4n) is 6.16. The van der Waals surface area contributed by atoms with Gasteiger partial charge in [0.25, 0.3) is 0 Å². The maximum atomic E-state index is 10.7. The van der Waals surface area contributed by atoms with Crippen LogP contribution in [-0.2, 0) is 6.42 Å². The molecule has 1 aromatic carbocycles. The molecule has 2 aliphatic rings. The topological polar surface area (TPSA) is 43.7 Å². The Hall–Kier alpha value is -1.42. The summed E-state index contributed by atoms with van der Waals surface area (Å²) in [7, 11) is 0. The maximum Gasteiger partial charge on any atom is 0.0761 e. The van der Waals surface area contributed by atoms with Gasteiger partial charge < -0.3 is 15.1 Å². The van der Waals surface area contributed by atoms with Gasteiger partial charge in [-0.25, -0.2) is 0 Å². The zero-order valence-corrected chi connectivity index (χ0v) is 22.7. The second kappa shape index (κ2) is 15.0. The SMILES string of the molecule is CCCCN(CCCC)CCCCCC1=C[C@H]2C[C@@H](O)[C@H](/C=C/[C@H](O)Cc3cccc(C)c3)[C@H]2C1. The summed E-state index contributed by atoms with van der Waals surface area (Å²) < 4.78 is 0. The first-order chi connectivity index (χ1) is 17.0. The standard InChI is InChI=1S/C32H51NO2/c1-4-6-17-33(18-7-5-2)19-10-8-9-13-27-21-28-24-32(35)30(31(28)23-27)16-15-29(34)22-26-14-11-12-25(3)20-26/h11-12,14-16,20-21,28-32,34-35H,4-10,13,17-19,22-24H2,1-3H3/b16-15+/t28-,29-,30+,31-,32+/m0/s1. The third-order valence-electron chi connectivity index (χ3n) is 8.16. The van der Waals surface area contributed by atoms with Crippen LogP contribution in [0.5, 0.6) is 0 Å². The molecule has 3 rings (SSSR count). The summed E-state index contributed by atoms with van der Waals surface area (Å²) in [6.07, 6.45) is 18.8. The molecule has 0 saturated heterocycles. The van der Waals surface area contributed by atoms with Crippen LogP contribution < -0.4 is 0 Å². The molecular weight excluding hydrogens is 430 g/mol. The first kappa shape index (κ1) is 28.2.